The summed E-state index contributed by atoms with van der Waals surface area (Å²) in [6, 6.07) is 3.05. The predicted octanol–water partition coefficient (Wildman–Crippen LogP) is 2.30. The second-order valence-corrected chi connectivity index (χ2v) is 6.72. The molecule has 0 aromatic heterocycles. The van der Waals surface area contributed by atoms with E-state index in [1.165, 1.54) is 25.7 Å². The Bertz CT molecular complexity index is 331. The lowest BCUT2D eigenvalue weighted by Gasteiger charge is -2.24. The maximum absolute atomic E-state index is 9.32. The molecule has 0 radical (unpaired) electrons. The van der Waals surface area contributed by atoms with Crippen LogP contribution in [-0.4, -0.2) is 49.3 Å². The molecule has 2 aliphatic rings. The summed E-state index contributed by atoms with van der Waals surface area (Å²) in [7, 11) is 2.17. The van der Waals surface area contributed by atoms with Crippen molar-refractivity contribution in [2.24, 2.45) is 0 Å². The number of nitriles is 1. The molecule has 1 saturated heterocycles. The van der Waals surface area contributed by atoms with E-state index in [1.807, 2.05) is 6.92 Å². The molecule has 2 fully saturated rings. The first kappa shape index (κ1) is 15.8. The summed E-state index contributed by atoms with van der Waals surface area (Å²) in [6.45, 7) is 5.13. The van der Waals surface area contributed by atoms with Crippen molar-refractivity contribution in [3.8, 4) is 6.07 Å². The fourth-order valence-electron chi connectivity index (χ4n) is 2.93. The van der Waals surface area contributed by atoms with Crippen LogP contribution in [-0.2, 0) is 4.74 Å². The molecule has 0 aromatic rings. The molecule has 4 heteroatoms. The molecule has 0 bridgehead atoms. The Labute approximate surface area is 123 Å². The molecule has 1 aliphatic carbocycles. The summed E-state index contributed by atoms with van der Waals surface area (Å²) in [5, 5.41) is 12.8. The van der Waals surface area contributed by atoms with Crippen molar-refractivity contribution in [3.63, 3.8) is 0 Å². The molecular weight excluding hydrogens is 250 g/mol. The minimum atomic E-state index is -0.325. The highest BCUT2D eigenvalue weighted by atomic mass is 16.5. The van der Waals surface area contributed by atoms with Gasteiger partial charge >= 0.3 is 0 Å². The average molecular weight is 279 g/mol. The summed E-state index contributed by atoms with van der Waals surface area (Å²) in [6.07, 6.45) is 8.57. The van der Waals surface area contributed by atoms with Gasteiger partial charge in [-0.15, -0.1) is 0 Å². The van der Waals surface area contributed by atoms with Crippen LogP contribution in [0.2, 0.25) is 0 Å². The molecular formula is C16H29N3O. The summed E-state index contributed by atoms with van der Waals surface area (Å²) in [5.41, 5.74) is -0.325. The summed E-state index contributed by atoms with van der Waals surface area (Å²) >= 11 is 0. The van der Waals surface area contributed by atoms with Gasteiger partial charge in [0.2, 0.25) is 0 Å². The zero-order valence-electron chi connectivity index (χ0n) is 13.0. The quantitative estimate of drug-likeness (QED) is 0.658. The van der Waals surface area contributed by atoms with E-state index in [1.54, 1.807) is 0 Å². The van der Waals surface area contributed by atoms with Crippen LogP contribution in [0.5, 0.6) is 0 Å². The first-order chi connectivity index (χ1) is 9.61. The lowest BCUT2D eigenvalue weighted by atomic mass is 9.96. The van der Waals surface area contributed by atoms with Gasteiger partial charge < -0.3 is 9.64 Å². The van der Waals surface area contributed by atoms with Crippen LogP contribution >= 0.6 is 0 Å². The number of rotatable bonds is 9. The number of hydrogen-bond donors (Lipinski definition) is 1. The lowest BCUT2D eigenvalue weighted by Crippen LogP contribution is -2.42. The van der Waals surface area contributed by atoms with E-state index < -0.39 is 0 Å². The number of likely N-dealkylation sites (N-methyl/N-ethyl adjacent to an activating group) is 1. The number of nitrogens with one attached hydrogen (secondary N) is 1. The Morgan fingerprint density at radius 2 is 2.15 bits per heavy atom. The van der Waals surface area contributed by atoms with E-state index in [-0.39, 0.29) is 5.54 Å². The van der Waals surface area contributed by atoms with Gasteiger partial charge in [-0.3, -0.25) is 5.32 Å². The van der Waals surface area contributed by atoms with Gasteiger partial charge in [-0.25, -0.2) is 0 Å². The molecule has 1 N–H and O–H groups in total. The van der Waals surface area contributed by atoms with Gasteiger partial charge in [-0.05, 0) is 65.5 Å². The summed E-state index contributed by atoms with van der Waals surface area (Å²) in [4.78, 5) is 2.37. The molecule has 1 heterocycles. The van der Waals surface area contributed by atoms with Gasteiger partial charge in [0.05, 0.1) is 12.2 Å². The van der Waals surface area contributed by atoms with Gasteiger partial charge in [0, 0.05) is 19.2 Å². The SMILES string of the molecule is CN(CCCCC(C)(C#N)NC1CC1)CC1CCCO1. The fourth-order valence-corrected chi connectivity index (χ4v) is 2.93. The Morgan fingerprint density at radius 1 is 1.35 bits per heavy atom. The maximum atomic E-state index is 9.32. The van der Waals surface area contributed by atoms with Crippen LogP contribution in [0, 0.1) is 11.3 Å². The molecule has 2 unspecified atom stereocenters. The lowest BCUT2D eigenvalue weighted by molar-refractivity contribution is 0.0806. The van der Waals surface area contributed by atoms with E-state index >= 15 is 0 Å². The van der Waals surface area contributed by atoms with Crippen molar-refractivity contribution in [1.29, 1.82) is 5.26 Å². The molecule has 0 amide bonds. The Balaban J connectivity index is 1.56. The average Bonchev–Trinajstić information content (AvgIpc) is 3.08. The second kappa shape index (κ2) is 7.40. The van der Waals surface area contributed by atoms with Crippen LogP contribution in [0.25, 0.3) is 0 Å². The molecule has 1 saturated carbocycles. The van der Waals surface area contributed by atoms with Crippen molar-refractivity contribution in [2.75, 3.05) is 26.7 Å². The van der Waals surface area contributed by atoms with E-state index in [2.05, 4.69) is 23.3 Å². The highest BCUT2D eigenvalue weighted by Crippen LogP contribution is 2.24. The summed E-state index contributed by atoms with van der Waals surface area (Å²) in [5.74, 6) is 0. The second-order valence-electron chi connectivity index (χ2n) is 6.72. The van der Waals surface area contributed by atoms with Crippen molar-refractivity contribution in [3.05, 3.63) is 0 Å². The monoisotopic (exact) mass is 279 g/mol. The van der Waals surface area contributed by atoms with Crippen molar-refractivity contribution >= 4 is 0 Å². The molecule has 2 rings (SSSR count). The fraction of sp³-hybridized carbons (Fsp3) is 0.938. The standard InChI is InChI=1S/C16H29N3O/c1-16(13-17,18-14-7-8-14)9-3-4-10-19(2)12-15-6-5-11-20-15/h14-15,18H,3-12H2,1-2H3. The third-order valence-electron chi connectivity index (χ3n) is 4.35. The Kier molecular flexibility index (Phi) is 5.83. The van der Waals surface area contributed by atoms with Crippen LogP contribution in [0.3, 0.4) is 0 Å². The highest BCUT2D eigenvalue weighted by Gasteiger charge is 2.31. The summed E-state index contributed by atoms with van der Waals surface area (Å²) < 4.78 is 5.66. The number of hydrogen-bond acceptors (Lipinski definition) is 4. The van der Waals surface area contributed by atoms with E-state index in [0.717, 1.165) is 39.0 Å². The largest absolute Gasteiger partial charge is 0.377 e. The van der Waals surface area contributed by atoms with Gasteiger partial charge in [0.1, 0.15) is 5.54 Å². The van der Waals surface area contributed by atoms with Crippen molar-refractivity contribution in [1.82, 2.24) is 10.2 Å². The van der Waals surface area contributed by atoms with Crippen molar-refractivity contribution in [2.45, 2.75) is 69.6 Å². The first-order valence-corrected chi connectivity index (χ1v) is 8.10. The first-order valence-electron chi connectivity index (χ1n) is 8.10. The van der Waals surface area contributed by atoms with Crippen LogP contribution in [0.4, 0.5) is 0 Å². The number of nitrogens with zero attached hydrogens (tertiary/aromatic N) is 2. The van der Waals surface area contributed by atoms with Crippen LogP contribution < -0.4 is 5.32 Å². The minimum Gasteiger partial charge on any atom is -0.377 e. The van der Waals surface area contributed by atoms with Crippen LogP contribution in [0.15, 0.2) is 0 Å². The maximum Gasteiger partial charge on any atom is 0.104 e. The van der Waals surface area contributed by atoms with E-state index in [4.69, 9.17) is 4.74 Å². The topological polar surface area (TPSA) is 48.3 Å². The van der Waals surface area contributed by atoms with Gasteiger partial charge in [0.15, 0.2) is 0 Å². The molecule has 4 nitrogen and oxygen atoms in total. The Morgan fingerprint density at radius 3 is 2.75 bits per heavy atom. The third kappa shape index (κ3) is 5.40. The predicted molar refractivity (Wildman–Crippen MR) is 80.5 cm³/mol. The van der Waals surface area contributed by atoms with E-state index in [9.17, 15) is 5.26 Å². The van der Waals surface area contributed by atoms with Gasteiger partial charge in [0.25, 0.3) is 0 Å². The zero-order chi connectivity index (χ0) is 14.4. The molecule has 0 aromatic carbocycles. The molecule has 114 valence electrons. The molecule has 20 heavy (non-hydrogen) atoms. The van der Waals surface area contributed by atoms with Crippen LogP contribution in [0.1, 0.15) is 51.9 Å². The Hall–Kier alpha value is -0.630. The third-order valence-corrected chi connectivity index (χ3v) is 4.35. The zero-order valence-corrected chi connectivity index (χ0v) is 13.0. The normalized spacial score (nSPS) is 25.6. The minimum absolute atomic E-state index is 0.325. The van der Waals surface area contributed by atoms with Crippen molar-refractivity contribution < 1.29 is 4.74 Å². The highest BCUT2D eigenvalue weighted by molar-refractivity contribution is 5.06. The van der Waals surface area contributed by atoms with E-state index in [0.29, 0.717) is 12.1 Å². The number of ether oxygens (including phenoxy) is 1. The molecule has 0 spiro atoms. The molecule has 2 atom stereocenters. The molecule has 1 aliphatic heterocycles. The smallest absolute Gasteiger partial charge is 0.104 e. The van der Waals surface area contributed by atoms with Gasteiger partial charge in [-0.2, -0.15) is 5.26 Å². The number of unbranched alkanes of at least 4 members (excludes halogenated alkanes) is 1. The van der Waals surface area contributed by atoms with Gasteiger partial charge in [-0.1, -0.05) is 0 Å².